The molecule has 2 fully saturated rings. The monoisotopic (exact) mass is 435 g/mol. The standard InChI is InChI=1S/C25H29N3O4/c1-17-5-3-4-6-22(17)18-7-9-19(10-8-18)24(30)28-16-20(26-32-2)15-23(28)25(31)27-13-11-21(29)12-14-27/h3-10,21,23,29H,11-16H2,1-2H3/b26-20+/t23-/m0/s1. The third-order valence-corrected chi connectivity index (χ3v) is 6.29. The van der Waals surface area contributed by atoms with Gasteiger partial charge in [-0.1, -0.05) is 41.6 Å². The summed E-state index contributed by atoms with van der Waals surface area (Å²) in [5.41, 5.74) is 4.55. The predicted octanol–water partition coefficient (Wildman–Crippen LogP) is 2.86. The summed E-state index contributed by atoms with van der Waals surface area (Å²) >= 11 is 0. The van der Waals surface area contributed by atoms with Crippen molar-refractivity contribution in [1.29, 1.82) is 0 Å². The van der Waals surface area contributed by atoms with E-state index in [0.717, 1.165) is 11.1 Å². The lowest BCUT2D eigenvalue weighted by Gasteiger charge is -2.33. The minimum absolute atomic E-state index is 0.0944. The van der Waals surface area contributed by atoms with Gasteiger partial charge in [0.2, 0.25) is 5.91 Å². The van der Waals surface area contributed by atoms with E-state index >= 15 is 0 Å². The Hall–Kier alpha value is -3.19. The number of amides is 2. The maximum atomic E-state index is 13.4. The minimum Gasteiger partial charge on any atom is -0.399 e. The molecule has 1 N–H and O–H groups in total. The zero-order valence-electron chi connectivity index (χ0n) is 18.5. The molecule has 7 nitrogen and oxygen atoms in total. The topological polar surface area (TPSA) is 82.4 Å². The van der Waals surface area contributed by atoms with Crippen LogP contribution < -0.4 is 0 Å². The van der Waals surface area contributed by atoms with Crippen LogP contribution in [0.3, 0.4) is 0 Å². The van der Waals surface area contributed by atoms with Gasteiger partial charge in [0.15, 0.2) is 0 Å². The first-order valence-electron chi connectivity index (χ1n) is 11.0. The third-order valence-electron chi connectivity index (χ3n) is 6.29. The first-order valence-corrected chi connectivity index (χ1v) is 11.0. The van der Waals surface area contributed by atoms with Crippen molar-refractivity contribution in [2.24, 2.45) is 5.16 Å². The van der Waals surface area contributed by atoms with Gasteiger partial charge < -0.3 is 19.7 Å². The van der Waals surface area contributed by atoms with Crippen molar-refractivity contribution in [2.45, 2.75) is 38.3 Å². The van der Waals surface area contributed by atoms with Gasteiger partial charge in [-0.25, -0.2) is 0 Å². The van der Waals surface area contributed by atoms with Crippen LogP contribution in [-0.4, -0.2) is 71.3 Å². The molecule has 4 rings (SSSR count). The van der Waals surface area contributed by atoms with Crippen molar-refractivity contribution in [3.63, 3.8) is 0 Å². The highest BCUT2D eigenvalue weighted by Crippen LogP contribution is 2.26. The molecule has 0 bridgehead atoms. The molecule has 0 spiro atoms. The van der Waals surface area contributed by atoms with Crippen LogP contribution in [0.2, 0.25) is 0 Å². The smallest absolute Gasteiger partial charge is 0.254 e. The molecule has 0 saturated carbocycles. The molecule has 1 atom stereocenters. The number of carbonyl (C=O) groups is 2. The van der Waals surface area contributed by atoms with Gasteiger partial charge in [0.05, 0.1) is 18.4 Å². The van der Waals surface area contributed by atoms with E-state index in [1.807, 2.05) is 36.4 Å². The Morgan fingerprint density at radius 1 is 1.06 bits per heavy atom. The molecule has 2 amide bonds. The summed E-state index contributed by atoms with van der Waals surface area (Å²) in [5, 5.41) is 13.8. The Morgan fingerprint density at radius 2 is 1.75 bits per heavy atom. The zero-order chi connectivity index (χ0) is 22.7. The zero-order valence-corrected chi connectivity index (χ0v) is 18.5. The van der Waals surface area contributed by atoms with E-state index in [2.05, 4.69) is 24.2 Å². The lowest BCUT2D eigenvalue weighted by molar-refractivity contribution is -0.137. The molecule has 2 aromatic rings. The van der Waals surface area contributed by atoms with Gasteiger partial charge in [0.1, 0.15) is 13.2 Å². The van der Waals surface area contributed by atoms with Crippen LogP contribution in [-0.2, 0) is 9.63 Å². The van der Waals surface area contributed by atoms with Gasteiger partial charge in [0, 0.05) is 25.1 Å². The first kappa shape index (κ1) is 22.0. The maximum absolute atomic E-state index is 13.4. The normalized spacial score (nSPS) is 20.6. The molecule has 0 aromatic heterocycles. The molecule has 32 heavy (non-hydrogen) atoms. The third kappa shape index (κ3) is 4.53. The summed E-state index contributed by atoms with van der Waals surface area (Å²) in [6.07, 6.45) is 1.12. The Morgan fingerprint density at radius 3 is 2.41 bits per heavy atom. The van der Waals surface area contributed by atoms with Gasteiger partial charge in [-0.05, 0) is 48.6 Å². The molecule has 2 aromatic carbocycles. The van der Waals surface area contributed by atoms with Crippen molar-refractivity contribution in [3.8, 4) is 11.1 Å². The number of hydrogen-bond donors (Lipinski definition) is 1. The number of benzene rings is 2. The van der Waals surface area contributed by atoms with Crippen molar-refractivity contribution in [2.75, 3.05) is 26.7 Å². The summed E-state index contributed by atoms with van der Waals surface area (Å²) < 4.78 is 0. The second-order valence-corrected chi connectivity index (χ2v) is 8.44. The SMILES string of the molecule is CO/N=C1\C[C@@H](C(=O)N2CCC(O)CC2)N(C(=O)c2ccc(-c3ccccc3C)cc2)C1. The molecule has 168 valence electrons. The summed E-state index contributed by atoms with van der Waals surface area (Å²) in [7, 11) is 1.46. The van der Waals surface area contributed by atoms with Gasteiger partial charge >= 0.3 is 0 Å². The quantitative estimate of drug-likeness (QED) is 0.749. The number of piperidine rings is 1. The summed E-state index contributed by atoms with van der Waals surface area (Å²) in [6.45, 7) is 3.32. The average molecular weight is 436 g/mol. The number of aliphatic hydroxyl groups is 1. The molecule has 2 heterocycles. The Bertz CT molecular complexity index is 1010. The lowest BCUT2D eigenvalue weighted by Crippen LogP contribution is -2.50. The van der Waals surface area contributed by atoms with E-state index in [1.165, 1.54) is 12.7 Å². The van der Waals surface area contributed by atoms with Crippen molar-refractivity contribution in [3.05, 3.63) is 59.7 Å². The molecule has 2 saturated heterocycles. The minimum atomic E-state index is -0.609. The van der Waals surface area contributed by atoms with E-state index < -0.39 is 6.04 Å². The Kier molecular flexibility index (Phi) is 6.55. The number of oxime groups is 1. The van der Waals surface area contributed by atoms with Crippen molar-refractivity contribution in [1.82, 2.24) is 9.80 Å². The van der Waals surface area contributed by atoms with Gasteiger partial charge in [-0.3, -0.25) is 9.59 Å². The molecule has 2 aliphatic heterocycles. The largest absolute Gasteiger partial charge is 0.399 e. The first-order chi connectivity index (χ1) is 15.5. The highest BCUT2D eigenvalue weighted by Gasteiger charge is 2.41. The fourth-order valence-corrected chi connectivity index (χ4v) is 4.49. The number of likely N-dealkylation sites (tertiary alicyclic amines) is 2. The molecule has 0 radical (unpaired) electrons. The van der Waals surface area contributed by atoms with E-state index in [1.54, 1.807) is 9.80 Å². The molecule has 7 heteroatoms. The molecular weight excluding hydrogens is 406 g/mol. The van der Waals surface area contributed by atoms with Crippen LogP contribution in [0.1, 0.15) is 35.2 Å². The van der Waals surface area contributed by atoms with Crippen LogP contribution in [0.15, 0.2) is 53.7 Å². The maximum Gasteiger partial charge on any atom is 0.254 e. The predicted molar refractivity (Wildman–Crippen MR) is 122 cm³/mol. The van der Waals surface area contributed by atoms with Crippen LogP contribution in [0, 0.1) is 6.92 Å². The summed E-state index contributed by atoms with van der Waals surface area (Å²) in [5.74, 6) is -0.291. The van der Waals surface area contributed by atoms with Gasteiger partial charge in [0.25, 0.3) is 5.91 Å². The van der Waals surface area contributed by atoms with Crippen LogP contribution >= 0.6 is 0 Å². The molecule has 0 aliphatic carbocycles. The average Bonchev–Trinajstić information content (AvgIpc) is 3.23. The number of carbonyl (C=O) groups excluding carboxylic acids is 2. The Balaban J connectivity index is 1.55. The van der Waals surface area contributed by atoms with Crippen LogP contribution in [0.25, 0.3) is 11.1 Å². The van der Waals surface area contributed by atoms with Crippen LogP contribution in [0.5, 0.6) is 0 Å². The number of aliphatic hydroxyl groups excluding tert-OH is 1. The summed E-state index contributed by atoms with van der Waals surface area (Å²) in [6, 6.07) is 15.0. The lowest BCUT2D eigenvalue weighted by atomic mass is 9.99. The fraction of sp³-hybridized carbons (Fsp3) is 0.400. The number of aryl methyl sites for hydroxylation is 1. The second-order valence-electron chi connectivity index (χ2n) is 8.44. The van der Waals surface area contributed by atoms with E-state index in [-0.39, 0.29) is 24.5 Å². The highest BCUT2D eigenvalue weighted by atomic mass is 16.6. The van der Waals surface area contributed by atoms with Crippen molar-refractivity contribution >= 4 is 17.5 Å². The molecule has 2 aliphatic rings. The van der Waals surface area contributed by atoms with E-state index in [4.69, 9.17) is 4.84 Å². The van der Waals surface area contributed by atoms with Gasteiger partial charge in [-0.2, -0.15) is 0 Å². The van der Waals surface area contributed by atoms with Gasteiger partial charge in [-0.15, -0.1) is 0 Å². The second kappa shape index (κ2) is 9.53. The van der Waals surface area contributed by atoms with E-state index in [9.17, 15) is 14.7 Å². The molecule has 0 unspecified atom stereocenters. The number of nitrogens with zero attached hydrogens (tertiary/aromatic N) is 3. The number of rotatable bonds is 4. The fourth-order valence-electron chi connectivity index (χ4n) is 4.49. The van der Waals surface area contributed by atoms with E-state index in [0.29, 0.717) is 43.6 Å². The van der Waals surface area contributed by atoms with Crippen LogP contribution in [0.4, 0.5) is 0 Å². The molecular formula is C25H29N3O4. The van der Waals surface area contributed by atoms with Crippen molar-refractivity contribution < 1.29 is 19.5 Å². The highest BCUT2D eigenvalue weighted by molar-refractivity contribution is 6.05. The summed E-state index contributed by atoms with van der Waals surface area (Å²) in [4.78, 5) is 34.9. The Labute approximate surface area is 188 Å². The number of hydrogen-bond acceptors (Lipinski definition) is 5.